The van der Waals surface area contributed by atoms with Crippen LogP contribution in [-0.2, 0) is 14.6 Å². The van der Waals surface area contributed by atoms with E-state index in [2.05, 4.69) is 4.18 Å². The van der Waals surface area contributed by atoms with Gasteiger partial charge in [0.15, 0.2) is 0 Å². The van der Waals surface area contributed by atoms with Crippen LogP contribution in [0.1, 0.15) is 13.3 Å². The van der Waals surface area contributed by atoms with Crippen molar-refractivity contribution in [1.29, 1.82) is 0 Å². The van der Waals surface area contributed by atoms with Gasteiger partial charge in [-0.1, -0.05) is 19.1 Å². The minimum Gasteiger partial charge on any atom is -0.716 e. The van der Waals surface area contributed by atoms with Crippen LogP contribution in [0.4, 0.5) is 0 Å². The molecule has 0 radical (unpaired) electrons. The summed E-state index contributed by atoms with van der Waals surface area (Å²) < 4.78 is 33.2. The van der Waals surface area contributed by atoms with E-state index in [1.165, 1.54) is 6.08 Å². The molecule has 12 heavy (non-hydrogen) atoms. The topological polar surface area (TPSA) is 66.4 Å². The van der Waals surface area contributed by atoms with E-state index in [9.17, 15) is 13.0 Å². The zero-order chi connectivity index (χ0) is 8.74. The zero-order valence-corrected chi connectivity index (χ0v) is 9.87. The molecule has 0 amide bonds. The van der Waals surface area contributed by atoms with Crippen LogP contribution < -0.4 is 29.6 Å². The summed E-state index contributed by atoms with van der Waals surface area (Å²) in [6.45, 7) is 1.93. The third-order valence-corrected chi connectivity index (χ3v) is 1.08. The molecule has 4 nitrogen and oxygen atoms in total. The summed E-state index contributed by atoms with van der Waals surface area (Å²) in [4.78, 5) is 0. The van der Waals surface area contributed by atoms with Crippen LogP contribution in [0.25, 0.3) is 0 Å². The van der Waals surface area contributed by atoms with Gasteiger partial charge >= 0.3 is 29.6 Å². The van der Waals surface area contributed by atoms with E-state index < -0.39 is 10.4 Å². The first-order valence-corrected chi connectivity index (χ1v) is 4.35. The molecule has 0 saturated carbocycles. The molecule has 0 N–H and O–H groups in total. The summed E-state index contributed by atoms with van der Waals surface area (Å²) in [5.41, 5.74) is 0. The van der Waals surface area contributed by atoms with Gasteiger partial charge in [0.2, 0.25) is 0 Å². The van der Waals surface area contributed by atoms with Crippen molar-refractivity contribution >= 4 is 10.4 Å². The van der Waals surface area contributed by atoms with Gasteiger partial charge in [0.05, 0.1) is 0 Å². The van der Waals surface area contributed by atoms with Crippen LogP contribution in [0.5, 0.6) is 0 Å². The summed E-state index contributed by atoms with van der Waals surface area (Å²) in [6, 6.07) is 0. The van der Waals surface area contributed by atoms with E-state index in [4.69, 9.17) is 0 Å². The Morgan fingerprint density at radius 2 is 2.00 bits per heavy atom. The maximum absolute atomic E-state index is 9.81. The minimum atomic E-state index is -4.58. The van der Waals surface area contributed by atoms with E-state index in [0.29, 0.717) is 0 Å². The smallest absolute Gasteiger partial charge is 0.716 e. The Labute approximate surface area is 94.5 Å². The van der Waals surface area contributed by atoms with Crippen molar-refractivity contribution in [1.82, 2.24) is 0 Å². The fourth-order valence-electron chi connectivity index (χ4n) is 0.360. The number of hydrogen-bond donors (Lipinski definition) is 0. The minimum absolute atomic E-state index is 0. The van der Waals surface area contributed by atoms with Crippen molar-refractivity contribution in [2.24, 2.45) is 0 Å². The monoisotopic (exact) mass is 200 g/mol. The van der Waals surface area contributed by atoms with Crippen molar-refractivity contribution in [2.75, 3.05) is 0 Å². The Morgan fingerprint density at radius 1 is 1.42 bits per heavy atom. The molecule has 0 rings (SSSR count). The standard InChI is InChI=1S/C6H10O4S.Na/c1-2-3-4-5-6-10-11(7,8)9;/h3-6H,2H2,1H3,(H,7,8,9);/q;+1/p-1. The van der Waals surface area contributed by atoms with Crippen LogP contribution in [0.3, 0.4) is 0 Å². The largest absolute Gasteiger partial charge is 1.00 e. The molecule has 0 saturated heterocycles. The molecule has 6 heteroatoms. The average molecular weight is 200 g/mol. The predicted molar refractivity (Wildman–Crippen MR) is 39.4 cm³/mol. The first-order valence-electron chi connectivity index (χ1n) is 3.02. The van der Waals surface area contributed by atoms with E-state index in [1.807, 2.05) is 6.92 Å². The van der Waals surface area contributed by atoms with Gasteiger partial charge in [-0.15, -0.1) is 0 Å². The SMILES string of the molecule is CCC=CC=COS(=O)(=O)[O-].[Na+]. The maximum Gasteiger partial charge on any atom is 1.00 e. The first-order chi connectivity index (χ1) is 5.06. The van der Waals surface area contributed by atoms with Crippen molar-refractivity contribution in [3.05, 3.63) is 24.5 Å². The third-order valence-electron chi connectivity index (χ3n) is 0.735. The quantitative estimate of drug-likeness (QED) is 0.172. The molecule has 0 bridgehead atoms. The van der Waals surface area contributed by atoms with Crippen molar-refractivity contribution in [3.63, 3.8) is 0 Å². The van der Waals surface area contributed by atoms with E-state index >= 15 is 0 Å². The van der Waals surface area contributed by atoms with Gasteiger partial charge in [0.25, 0.3) is 10.4 Å². The predicted octanol–water partition coefficient (Wildman–Crippen LogP) is -2.05. The van der Waals surface area contributed by atoms with Crippen LogP contribution >= 0.6 is 0 Å². The molecule has 0 aliphatic heterocycles. The van der Waals surface area contributed by atoms with Crippen LogP contribution in [0.15, 0.2) is 24.5 Å². The molecular formula is C6H9NaO4S. The second-order valence-electron chi connectivity index (χ2n) is 1.67. The molecule has 0 aromatic heterocycles. The molecule has 0 aliphatic rings. The Hall–Kier alpha value is 0.190. The molecule has 0 unspecified atom stereocenters. The van der Waals surface area contributed by atoms with E-state index in [1.54, 1.807) is 12.2 Å². The maximum atomic E-state index is 9.81. The molecule has 0 aromatic carbocycles. The van der Waals surface area contributed by atoms with Crippen LogP contribution in [0.2, 0.25) is 0 Å². The number of hydrogen-bond acceptors (Lipinski definition) is 4. The fraction of sp³-hybridized carbons (Fsp3) is 0.333. The molecule has 64 valence electrons. The summed E-state index contributed by atoms with van der Waals surface area (Å²) in [5.74, 6) is 0. The molecule has 0 aliphatic carbocycles. The Kier molecular flexibility index (Phi) is 9.58. The third kappa shape index (κ3) is 12.8. The van der Waals surface area contributed by atoms with Gasteiger partial charge in [-0.05, 0) is 12.5 Å². The molecule has 0 heterocycles. The van der Waals surface area contributed by atoms with Crippen LogP contribution in [-0.4, -0.2) is 13.0 Å². The molecule has 0 fully saturated rings. The molecule has 0 atom stereocenters. The van der Waals surface area contributed by atoms with Crippen molar-refractivity contribution in [3.8, 4) is 0 Å². The Morgan fingerprint density at radius 3 is 2.42 bits per heavy atom. The molecule has 0 spiro atoms. The summed E-state index contributed by atoms with van der Waals surface area (Å²) in [7, 11) is -4.58. The normalized spacial score (nSPS) is 11.8. The second kappa shape index (κ2) is 7.82. The van der Waals surface area contributed by atoms with E-state index in [0.717, 1.165) is 12.7 Å². The Balaban J connectivity index is 0. The molecule has 0 aromatic rings. The summed E-state index contributed by atoms with van der Waals surface area (Å²) in [5, 5.41) is 0. The average Bonchev–Trinajstić information content (AvgIpc) is 1.85. The number of rotatable bonds is 4. The van der Waals surface area contributed by atoms with Gasteiger partial charge < -0.3 is 8.74 Å². The van der Waals surface area contributed by atoms with Gasteiger partial charge in [0.1, 0.15) is 6.26 Å². The molecular weight excluding hydrogens is 191 g/mol. The number of allylic oxidation sites excluding steroid dienone is 3. The van der Waals surface area contributed by atoms with Gasteiger partial charge in [-0.2, -0.15) is 0 Å². The van der Waals surface area contributed by atoms with E-state index in [-0.39, 0.29) is 29.6 Å². The Bertz CT molecular complexity index is 242. The fourth-order valence-corrected chi connectivity index (χ4v) is 0.560. The summed E-state index contributed by atoms with van der Waals surface area (Å²) in [6.07, 6.45) is 6.38. The summed E-state index contributed by atoms with van der Waals surface area (Å²) >= 11 is 0. The van der Waals surface area contributed by atoms with Crippen molar-refractivity contribution in [2.45, 2.75) is 13.3 Å². The van der Waals surface area contributed by atoms with Crippen LogP contribution in [0, 0.1) is 0 Å². The first kappa shape index (κ1) is 14.7. The van der Waals surface area contributed by atoms with Crippen molar-refractivity contribution < 1.29 is 46.7 Å². The second-order valence-corrected chi connectivity index (χ2v) is 2.68. The van der Waals surface area contributed by atoms with Gasteiger partial charge in [-0.25, -0.2) is 8.42 Å². The van der Waals surface area contributed by atoms with Gasteiger partial charge in [0, 0.05) is 0 Å². The zero-order valence-electron chi connectivity index (χ0n) is 7.06. The van der Waals surface area contributed by atoms with Gasteiger partial charge in [-0.3, -0.25) is 0 Å².